The molecule has 1 rings (SSSR count). The van der Waals surface area contributed by atoms with Crippen molar-refractivity contribution in [2.75, 3.05) is 0 Å². The maximum absolute atomic E-state index is 10.7. The van der Waals surface area contributed by atoms with Crippen LogP contribution in [0, 0.1) is 10.1 Å². The van der Waals surface area contributed by atoms with Crippen molar-refractivity contribution in [3.8, 4) is 0 Å². The monoisotopic (exact) mass is 285 g/mol. The molecule has 0 N–H and O–H groups in total. The molecule has 0 aromatic heterocycles. The summed E-state index contributed by atoms with van der Waals surface area (Å²) in [7, 11) is 0. The molecule has 16 heavy (non-hydrogen) atoms. The predicted octanol–water partition coefficient (Wildman–Crippen LogP) is 3.45. The Kier molecular flexibility index (Phi) is 4.64. The van der Waals surface area contributed by atoms with Crippen molar-refractivity contribution in [2.45, 2.75) is 19.6 Å². The summed E-state index contributed by atoms with van der Waals surface area (Å²) in [5, 5.41) is 10.7. The highest BCUT2D eigenvalue weighted by Crippen LogP contribution is 2.28. The molecule has 1 aromatic carbocycles. The van der Waals surface area contributed by atoms with Crippen LogP contribution in [0.25, 0.3) is 0 Å². The first-order chi connectivity index (χ1) is 7.56. The minimum Gasteiger partial charge on any atom is -0.370 e. The third kappa shape index (κ3) is 3.15. The van der Waals surface area contributed by atoms with E-state index in [2.05, 4.69) is 22.5 Å². The van der Waals surface area contributed by atoms with Gasteiger partial charge >= 0.3 is 0 Å². The summed E-state index contributed by atoms with van der Waals surface area (Å²) in [5.41, 5.74) is 0.801. The minimum absolute atomic E-state index is 0.0485. The second-order valence-electron chi connectivity index (χ2n) is 3.26. The Hall–Kier alpha value is -1.20. The fourth-order valence-electron chi connectivity index (χ4n) is 1.11. The number of halogens is 1. The van der Waals surface area contributed by atoms with Crippen molar-refractivity contribution in [1.29, 1.82) is 0 Å². The molecular formula is C11H12BrNO3. The first kappa shape index (κ1) is 12.9. The second kappa shape index (κ2) is 5.77. The van der Waals surface area contributed by atoms with Gasteiger partial charge in [0, 0.05) is 6.07 Å². The molecule has 86 valence electrons. The number of ether oxygens (including phenoxy) is 1. The number of nitro groups is 1. The molecular weight excluding hydrogens is 274 g/mol. The first-order valence-corrected chi connectivity index (χ1v) is 5.51. The van der Waals surface area contributed by atoms with Gasteiger partial charge in [0.05, 0.1) is 17.6 Å². The number of hydrogen-bond acceptors (Lipinski definition) is 3. The third-order valence-electron chi connectivity index (χ3n) is 2.09. The minimum atomic E-state index is -0.426. The predicted molar refractivity (Wildman–Crippen MR) is 65.2 cm³/mol. The van der Waals surface area contributed by atoms with Crippen LogP contribution < -0.4 is 0 Å². The highest BCUT2D eigenvalue weighted by molar-refractivity contribution is 9.10. The van der Waals surface area contributed by atoms with Crippen LogP contribution in [-0.2, 0) is 11.3 Å². The fraction of sp³-hybridized carbons (Fsp3) is 0.273. The number of benzene rings is 1. The summed E-state index contributed by atoms with van der Waals surface area (Å²) in [6, 6.07) is 4.87. The lowest BCUT2D eigenvalue weighted by molar-refractivity contribution is -0.385. The SMILES string of the molecule is C=CC(C)OCc1cccc([N+](=O)[O-])c1Br. The average molecular weight is 286 g/mol. The van der Waals surface area contributed by atoms with Crippen LogP contribution in [0.4, 0.5) is 5.69 Å². The maximum atomic E-state index is 10.7. The van der Waals surface area contributed by atoms with E-state index in [1.54, 1.807) is 18.2 Å². The van der Waals surface area contributed by atoms with Gasteiger partial charge in [0.15, 0.2) is 0 Å². The van der Waals surface area contributed by atoms with Gasteiger partial charge in [-0.05, 0) is 28.4 Å². The van der Waals surface area contributed by atoms with E-state index in [0.717, 1.165) is 5.56 Å². The topological polar surface area (TPSA) is 52.4 Å². The highest BCUT2D eigenvalue weighted by atomic mass is 79.9. The molecule has 0 aliphatic heterocycles. The molecule has 0 heterocycles. The summed E-state index contributed by atoms with van der Waals surface area (Å²) >= 11 is 3.21. The zero-order chi connectivity index (χ0) is 12.1. The quantitative estimate of drug-likeness (QED) is 0.473. The number of hydrogen-bond donors (Lipinski definition) is 0. The smallest absolute Gasteiger partial charge is 0.283 e. The van der Waals surface area contributed by atoms with Crippen molar-refractivity contribution in [3.63, 3.8) is 0 Å². The van der Waals surface area contributed by atoms with E-state index >= 15 is 0 Å². The Labute approximate surface area is 102 Å². The highest BCUT2D eigenvalue weighted by Gasteiger charge is 2.14. The summed E-state index contributed by atoms with van der Waals surface area (Å²) in [6.45, 7) is 5.77. The molecule has 0 fully saturated rings. The molecule has 0 bridgehead atoms. The Morgan fingerprint density at radius 3 is 2.94 bits per heavy atom. The standard InChI is InChI=1S/C11H12BrNO3/c1-3-8(2)16-7-9-5-4-6-10(11(9)12)13(14)15/h3-6,8H,1,7H2,2H3. The molecule has 0 radical (unpaired) electrons. The molecule has 0 spiro atoms. The van der Waals surface area contributed by atoms with Crippen molar-refractivity contribution in [2.24, 2.45) is 0 Å². The molecule has 0 saturated heterocycles. The zero-order valence-corrected chi connectivity index (χ0v) is 10.4. The van der Waals surface area contributed by atoms with E-state index in [1.807, 2.05) is 6.92 Å². The van der Waals surface area contributed by atoms with E-state index < -0.39 is 4.92 Å². The van der Waals surface area contributed by atoms with Gasteiger partial charge in [-0.2, -0.15) is 0 Å². The van der Waals surface area contributed by atoms with Gasteiger partial charge in [0.1, 0.15) is 4.47 Å². The van der Waals surface area contributed by atoms with E-state index in [1.165, 1.54) is 6.07 Å². The van der Waals surface area contributed by atoms with Crippen LogP contribution in [0.1, 0.15) is 12.5 Å². The van der Waals surface area contributed by atoms with Crippen LogP contribution in [-0.4, -0.2) is 11.0 Å². The Balaban J connectivity index is 2.85. The lowest BCUT2D eigenvalue weighted by Gasteiger charge is -2.09. The molecule has 5 heteroatoms. The third-order valence-corrected chi connectivity index (χ3v) is 3.00. The van der Waals surface area contributed by atoms with Gasteiger partial charge in [-0.25, -0.2) is 0 Å². The molecule has 4 nitrogen and oxygen atoms in total. The van der Waals surface area contributed by atoms with Crippen LogP contribution >= 0.6 is 15.9 Å². The number of nitrogens with zero attached hydrogens (tertiary/aromatic N) is 1. The molecule has 0 aliphatic carbocycles. The average Bonchev–Trinajstić information content (AvgIpc) is 2.26. The molecule has 1 aromatic rings. The van der Waals surface area contributed by atoms with E-state index in [-0.39, 0.29) is 11.8 Å². The summed E-state index contributed by atoms with van der Waals surface area (Å²) in [4.78, 5) is 10.3. The van der Waals surface area contributed by atoms with Crippen molar-refractivity contribution >= 4 is 21.6 Å². The summed E-state index contributed by atoms with van der Waals surface area (Å²) < 4.78 is 5.89. The van der Waals surface area contributed by atoms with Gasteiger partial charge in [-0.3, -0.25) is 10.1 Å². The Morgan fingerprint density at radius 2 is 2.38 bits per heavy atom. The van der Waals surface area contributed by atoms with Crippen LogP contribution in [0.3, 0.4) is 0 Å². The lowest BCUT2D eigenvalue weighted by Crippen LogP contribution is -2.04. The van der Waals surface area contributed by atoms with E-state index in [4.69, 9.17) is 4.74 Å². The molecule has 0 saturated carbocycles. The van der Waals surface area contributed by atoms with E-state index in [9.17, 15) is 10.1 Å². The lowest BCUT2D eigenvalue weighted by atomic mass is 10.2. The van der Waals surface area contributed by atoms with Crippen molar-refractivity contribution in [3.05, 3.63) is 51.0 Å². The van der Waals surface area contributed by atoms with Crippen molar-refractivity contribution in [1.82, 2.24) is 0 Å². The molecule has 0 amide bonds. The van der Waals surface area contributed by atoms with Crippen LogP contribution in [0.15, 0.2) is 35.3 Å². The van der Waals surface area contributed by atoms with Gasteiger partial charge < -0.3 is 4.74 Å². The van der Waals surface area contributed by atoms with Crippen LogP contribution in [0.2, 0.25) is 0 Å². The van der Waals surface area contributed by atoms with Crippen LogP contribution in [0.5, 0.6) is 0 Å². The van der Waals surface area contributed by atoms with Crippen molar-refractivity contribution < 1.29 is 9.66 Å². The largest absolute Gasteiger partial charge is 0.370 e. The summed E-state index contributed by atoms with van der Waals surface area (Å²) in [6.07, 6.45) is 1.59. The Bertz CT molecular complexity index is 406. The second-order valence-corrected chi connectivity index (χ2v) is 4.05. The zero-order valence-electron chi connectivity index (χ0n) is 8.85. The Morgan fingerprint density at radius 1 is 1.69 bits per heavy atom. The van der Waals surface area contributed by atoms with Gasteiger partial charge in [-0.1, -0.05) is 18.2 Å². The fourth-order valence-corrected chi connectivity index (χ4v) is 1.63. The van der Waals surface area contributed by atoms with Gasteiger partial charge in [0.25, 0.3) is 5.69 Å². The molecule has 0 aliphatic rings. The van der Waals surface area contributed by atoms with Gasteiger partial charge in [0.2, 0.25) is 0 Å². The van der Waals surface area contributed by atoms with E-state index in [0.29, 0.717) is 11.1 Å². The maximum Gasteiger partial charge on any atom is 0.283 e. The number of rotatable bonds is 5. The molecule has 1 atom stereocenters. The number of nitro benzene ring substituents is 1. The normalized spacial score (nSPS) is 12.1. The first-order valence-electron chi connectivity index (χ1n) is 4.72. The summed E-state index contributed by atoms with van der Waals surface area (Å²) in [5.74, 6) is 0. The van der Waals surface area contributed by atoms with Gasteiger partial charge in [-0.15, -0.1) is 6.58 Å². The molecule has 1 unspecified atom stereocenters.